The molecule has 0 unspecified atom stereocenters. The van der Waals surface area contributed by atoms with E-state index in [0.717, 1.165) is 25.9 Å². The van der Waals surface area contributed by atoms with Gasteiger partial charge >= 0.3 is 6.09 Å². The predicted octanol–water partition coefficient (Wildman–Crippen LogP) is 5.29. The standard InChI is InChI=1S/C16H13BrN2O2S/c1-2-21-16(20)19-13-9-14(15-4-3-7-22-15)18-12-6-5-10(17)8-11(12)13/h3-9H,2H2,1H3,(H,18,19,20). The van der Waals surface area contributed by atoms with Crippen LogP contribution < -0.4 is 5.32 Å². The van der Waals surface area contributed by atoms with Crippen LogP contribution in [0.25, 0.3) is 21.5 Å². The van der Waals surface area contributed by atoms with Gasteiger partial charge in [-0.05, 0) is 42.6 Å². The van der Waals surface area contributed by atoms with Crippen molar-refractivity contribution in [3.8, 4) is 10.6 Å². The third-order valence-corrected chi connectivity index (χ3v) is 4.44. The van der Waals surface area contributed by atoms with Gasteiger partial charge in [0.05, 0.1) is 28.4 Å². The number of ether oxygens (including phenoxy) is 1. The predicted molar refractivity (Wildman–Crippen MR) is 93.4 cm³/mol. The van der Waals surface area contributed by atoms with Gasteiger partial charge in [-0.25, -0.2) is 9.78 Å². The van der Waals surface area contributed by atoms with Crippen molar-refractivity contribution >= 4 is 50.0 Å². The number of fused-ring (bicyclic) bond motifs is 1. The molecule has 2 aromatic heterocycles. The minimum absolute atomic E-state index is 0.330. The highest BCUT2D eigenvalue weighted by Gasteiger charge is 2.11. The summed E-state index contributed by atoms with van der Waals surface area (Å²) in [6.07, 6.45) is -0.466. The minimum Gasteiger partial charge on any atom is -0.450 e. The van der Waals surface area contributed by atoms with Crippen molar-refractivity contribution in [3.05, 3.63) is 46.3 Å². The number of nitrogens with zero attached hydrogens (tertiary/aromatic N) is 1. The van der Waals surface area contributed by atoms with Gasteiger partial charge in [0.15, 0.2) is 0 Å². The van der Waals surface area contributed by atoms with Gasteiger partial charge in [0.2, 0.25) is 0 Å². The second kappa shape index (κ2) is 6.46. The molecule has 0 aliphatic heterocycles. The van der Waals surface area contributed by atoms with Crippen molar-refractivity contribution in [2.24, 2.45) is 0 Å². The van der Waals surface area contributed by atoms with Crippen LogP contribution in [0, 0.1) is 0 Å². The number of nitrogens with one attached hydrogen (secondary N) is 1. The second-order valence-corrected chi connectivity index (χ2v) is 6.40. The summed E-state index contributed by atoms with van der Waals surface area (Å²) in [5, 5.41) is 5.66. The van der Waals surface area contributed by atoms with Crippen molar-refractivity contribution in [1.29, 1.82) is 0 Å². The lowest BCUT2D eigenvalue weighted by Gasteiger charge is -2.11. The van der Waals surface area contributed by atoms with E-state index in [2.05, 4.69) is 26.2 Å². The van der Waals surface area contributed by atoms with E-state index in [9.17, 15) is 4.79 Å². The van der Waals surface area contributed by atoms with Crippen LogP contribution in [0.5, 0.6) is 0 Å². The van der Waals surface area contributed by atoms with E-state index < -0.39 is 6.09 Å². The van der Waals surface area contributed by atoms with E-state index in [1.807, 2.05) is 41.8 Å². The van der Waals surface area contributed by atoms with Crippen molar-refractivity contribution in [2.45, 2.75) is 6.92 Å². The number of carbonyl (C=O) groups excluding carboxylic acids is 1. The fourth-order valence-corrected chi connectivity index (χ4v) is 3.18. The van der Waals surface area contributed by atoms with Gasteiger partial charge in [-0.1, -0.05) is 22.0 Å². The van der Waals surface area contributed by atoms with Gasteiger partial charge in [0, 0.05) is 9.86 Å². The molecule has 0 spiro atoms. The average molecular weight is 377 g/mol. The quantitative estimate of drug-likeness (QED) is 0.674. The molecular formula is C16H13BrN2O2S. The number of pyridine rings is 1. The maximum absolute atomic E-state index is 11.8. The number of hydrogen-bond acceptors (Lipinski definition) is 4. The number of benzene rings is 1. The van der Waals surface area contributed by atoms with Crippen molar-refractivity contribution in [2.75, 3.05) is 11.9 Å². The average Bonchev–Trinajstić information content (AvgIpc) is 3.02. The highest BCUT2D eigenvalue weighted by molar-refractivity contribution is 9.10. The number of anilines is 1. The highest BCUT2D eigenvalue weighted by Crippen LogP contribution is 2.32. The zero-order valence-electron chi connectivity index (χ0n) is 11.8. The molecule has 0 aliphatic rings. The summed E-state index contributed by atoms with van der Waals surface area (Å²) in [4.78, 5) is 17.5. The van der Waals surface area contributed by atoms with Crippen LogP contribution in [0.4, 0.5) is 10.5 Å². The van der Waals surface area contributed by atoms with Crippen LogP contribution in [0.3, 0.4) is 0 Å². The van der Waals surface area contributed by atoms with Gasteiger partial charge in [-0.3, -0.25) is 5.32 Å². The number of thiophene rings is 1. The summed E-state index contributed by atoms with van der Waals surface area (Å²) in [6.45, 7) is 2.11. The van der Waals surface area contributed by atoms with Gasteiger partial charge in [0.1, 0.15) is 0 Å². The second-order valence-electron chi connectivity index (χ2n) is 4.54. The zero-order chi connectivity index (χ0) is 15.5. The molecule has 1 N–H and O–H groups in total. The Kier molecular flexibility index (Phi) is 4.40. The molecule has 0 radical (unpaired) electrons. The van der Waals surface area contributed by atoms with Crippen molar-refractivity contribution in [1.82, 2.24) is 4.98 Å². The van der Waals surface area contributed by atoms with E-state index in [0.29, 0.717) is 12.3 Å². The third kappa shape index (κ3) is 3.13. The maximum atomic E-state index is 11.8. The number of amides is 1. The van der Waals surface area contributed by atoms with Crippen LogP contribution in [0.2, 0.25) is 0 Å². The Bertz CT molecular complexity index is 818. The SMILES string of the molecule is CCOC(=O)Nc1cc(-c2cccs2)nc2ccc(Br)cc12. The van der Waals surface area contributed by atoms with Gasteiger partial charge in [-0.15, -0.1) is 11.3 Å². The fourth-order valence-electron chi connectivity index (χ4n) is 2.13. The molecule has 1 amide bonds. The summed E-state index contributed by atoms with van der Waals surface area (Å²) in [6, 6.07) is 11.6. The van der Waals surface area contributed by atoms with E-state index in [-0.39, 0.29) is 0 Å². The highest BCUT2D eigenvalue weighted by atomic mass is 79.9. The molecule has 0 atom stereocenters. The molecule has 0 saturated heterocycles. The first-order valence-corrected chi connectivity index (χ1v) is 8.42. The maximum Gasteiger partial charge on any atom is 0.411 e. The Morgan fingerprint density at radius 3 is 2.95 bits per heavy atom. The molecule has 2 heterocycles. The molecule has 112 valence electrons. The molecule has 4 nitrogen and oxygen atoms in total. The lowest BCUT2D eigenvalue weighted by molar-refractivity contribution is 0.168. The van der Waals surface area contributed by atoms with E-state index >= 15 is 0 Å². The Hall–Kier alpha value is -1.92. The lowest BCUT2D eigenvalue weighted by atomic mass is 10.1. The molecular weight excluding hydrogens is 364 g/mol. The number of rotatable bonds is 3. The largest absolute Gasteiger partial charge is 0.450 e. The van der Waals surface area contributed by atoms with Crippen LogP contribution in [0.1, 0.15) is 6.92 Å². The molecule has 1 aromatic carbocycles. The number of hydrogen-bond donors (Lipinski definition) is 1. The number of carbonyl (C=O) groups is 1. The Labute approximate surface area is 140 Å². The lowest BCUT2D eigenvalue weighted by Crippen LogP contribution is -2.13. The van der Waals surface area contributed by atoms with Crippen molar-refractivity contribution < 1.29 is 9.53 Å². The molecule has 0 bridgehead atoms. The molecule has 3 aromatic rings. The van der Waals surface area contributed by atoms with Crippen molar-refractivity contribution in [3.63, 3.8) is 0 Å². The zero-order valence-corrected chi connectivity index (χ0v) is 14.2. The molecule has 0 saturated carbocycles. The van der Waals surface area contributed by atoms with Gasteiger partial charge in [0.25, 0.3) is 0 Å². The fraction of sp³-hybridized carbons (Fsp3) is 0.125. The summed E-state index contributed by atoms with van der Waals surface area (Å²) in [7, 11) is 0. The Balaban J connectivity index is 2.13. The Morgan fingerprint density at radius 2 is 2.23 bits per heavy atom. The van der Waals surface area contributed by atoms with Crippen LogP contribution in [-0.2, 0) is 4.74 Å². The molecule has 6 heteroatoms. The monoisotopic (exact) mass is 376 g/mol. The third-order valence-electron chi connectivity index (χ3n) is 3.06. The van der Waals surface area contributed by atoms with E-state index in [4.69, 9.17) is 4.74 Å². The van der Waals surface area contributed by atoms with Crippen LogP contribution in [0.15, 0.2) is 46.3 Å². The molecule has 3 rings (SSSR count). The number of aromatic nitrogens is 1. The van der Waals surface area contributed by atoms with E-state index in [1.54, 1.807) is 18.3 Å². The summed E-state index contributed by atoms with van der Waals surface area (Å²) >= 11 is 5.06. The summed E-state index contributed by atoms with van der Waals surface area (Å²) in [5.41, 5.74) is 2.34. The summed E-state index contributed by atoms with van der Waals surface area (Å²) in [5.74, 6) is 0. The molecule has 0 fully saturated rings. The topological polar surface area (TPSA) is 51.2 Å². The first-order valence-electron chi connectivity index (χ1n) is 6.75. The minimum atomic E-state index is -0.466. The van der Waals surface area contributed by atoms with Gasteiger partial charge < -0.3 is 4.74 Å². The molecule has 22 heavy (non-hydrogen) atoms. The normalized spacial score (nSPS) is 10.6. The van der Waals surface area contributed by atoms with Crippen LogP contribution >= 0.6 is 27.3 Å². The van der Waals surface area contributed by atoms with E-state index in [1.165, 1.54) is 0 Å². The Morgan fingerprint density at radius 1 is 1.36 bits per heavy atom. The summed E-state index contributed by atoms with van der Waals surface area (Å²) < 4.78 is 5.90. The number of halogens is 1. The first-order chi connectivity index (χ1) is 10.7. The van der Waals surface area contributed by atoms with Crippen LogP contribution in [-0.4, -0.2) is 17.7 Å². The smallest absolute Gasteiger partial charge is 0.411 e. The first kappa shape index (κ1) is 15.0. The molecule has 0 aliphatic carbocycles. The van der Waals surface area contributed by atoms with Gasteiger partial charge in [-0.2, -0.15) is 0 Å².